The Balaban J connectivity index is 0. The molecule has 1 saturated heterocycles. The molecule has 24 heavy (non-hydrogen) atoms. The van der Waals surface area contributed by atoms with Gasteiger partial charge >= 0.3 is 159 Å². The third kappa shape index (κ3) is 6.19. The zero-order valence-electron chi connectivity index (χ0n) is 13.2. The smallest absolute Gasteiger partial charge is 0.412 e. The second-order valence-corrected chi connectivity index (χ2v) is 8.89. The zero-order chi connectivity index (χ0) is 15.6. The van der Waals surface area contributed by atoms with E-state index in [1.54, 1.807) is 0 Å². The van der Waals surface area contributed by atoms with Gasteiger partial charge in [0.25, 0.3) is 0 Å². The van der Waals surface area contributed by atoms with Crippen molar-refractivity contribution in [3.63, 3.8) is 0 Å². The van der Waals surface area contributed by atoms with E-state index in [1.807, 2.05) is 31.2 Å². The van der Waals surface area contributed by atoms with Gasteiger partial charge in [-0.3, -0.25) is 0 Å². The molecule has 0 bridgehead atoms. The fraction of sp³-hybridized carbons (Fsp3) is 0.462. The van der Waals surface area contributed by atoms with E-state index in [9.17, 15) is 25.2 Å². The summed E-state index contributed by atoms with van der Waals surface area (Å²) in [7, 11) is 0. The quantitative estimate of drug-likeness (QED) is 0.361. The summed E-state index contributed by atoms with van der Waals surface area (Å²) in [5.74, 6) is -1.80. The Morgan fingerprint density at radius 3 is 2.25 bits per heavy atom. The molecule has 9 nitrogen and oxygen atoms in total. The van der Waals surface area contributed by atoms with Crippen molar-refractivity contribution in [1.82, 2.24) is 0 Å². The summed E-state index contributed by atoms with van der Waals surface area (Å²) in [6.45, 7) is 1.50. The van der Waals surface area contributed by atoms with Crippen LogP contribution in [0.15, 0.2) is 24.3 Å². The number of hydrogen-bond donors (Lipinski definition) is 3. The van der Waals surface area contributed by atoms with E-state index in [4.69, 9.17) is 6.03 Å². The van der Waals surface area contributed by atoms with Crippen LogP contribution in [-0.2, 0) is 10.8 Å². The van der Waals surface area contributed by atoms with Crippen molar-refractivity contribution in [2.45, 2.75) is 31.3 Å². The van der Waals surface area contributed by atoms with Crippen LogP contribution in [0.2, 0.25) is 0 Å². The van der Waals surface area contributed by atoms with Crippen LogP contribution >= 0.6 is 0 Å². The third-order valence-corrected chi connectivity index (χ3v) is 7.76. The Kier molecular flexibility index (Phi) is 13.0. The minimum Gasteiger partial charge on any atom is -0.412 e. The number of aliphatic hydroxyl groups excluding tert-OH is 3. The molecular weight excluding hydrogens is 445 g/mol. The van der Waals surface area contributed by atoms with Crippen molar-refractivity contribution < 1.29 is 71.8 Å². The van der Waals surface area contributed by atoms with Gasteiger partial charge in [-0.2, -0.15) is 0 Å². The molecule has 7 N–H and O–H groups in total. The molecule has 0 saturated carbocycles. The maximum absolute atomic E-state index is 10.6. The van der Waals surface area contributed by atoms with Gasteiger partial charge in [-0.1, -0.05) is 0 Å². The normalized spacial score (nSPS) is 22.5. The molecule has 2 rings (SSSR count). The first kappa shape index (κ1) is 26.5. The molecule has 0 amide bonds. The van der Waals surface area contributed by atoms with Crippen molar-refractivity contribution in [1.29, 1.82) is 0 Å². The van der Waals surface area contributed by atoms with E-state index in [1.165, 1.54) is 0 Å². The molecule has 0 aromatic heterocycles. The molecule has 1 aliphatic heterocycles. The van der Waals surface area contributed by atoms with E-state index in [-0.39, 0.29) is 40.5 Å². The van der Waals surface area contributed by atoms with Crippen molar-refractivity contribution in [3.8, 4) is 0 Å². The summed E-state index contributed by atoms with van der Waals surface area (Å²) in [5, 5.41) is 39.1. The summed E-state index contributed by atoms with van der Waals surface area (Å²) in [6, 6.07) is 7.47. The molecular formula is C13H20NaO9Sb. The van der Waals surface area contributed by atoms with Crippen LogP contribution in [-0.4, -0.2) is 84.3 Å². The van der Waals surface area contributed by atoms with Crippen LogP contribution in [0.4, 0.5) is 0 Å². The topological polar surface area (TPSA) is 182 Å². The van der Waals surface area contributed by atoms with Crippen molar-refractivity contribution >= 4 is 30.5 Å². The van der Waals surface area contributed by atoms with Crippen LogP contribution in [0.3, 0.4) is 0 Å². The first-order chi connectivity index (χ1) is 9.93. The molecule has 1 aromatic carbocycles. The summed E-state index contributed by atoms with van der Waals surface area (Å²) < 4.78 is 12.1. The number of carbonyl (C=O) groups is 1. The Hall–Kier alpha value is 0.228. The maximum atomic E-state index is 10.6. The fourth-order valence-electron chi connectivity index (χ4n) is 1.91. The fourth-order valence-corrected chi connectivity index (χ4v) is 6.48. The number of carboxylic acids is 1. The Labute approximate surface area is 169 Å². The minimum atomic E-state index is -2.85. The number of carboxylic acid groups (broad SMARTS) is 1. The second-order valence-electron chi connectivity index (χ2n) is 4.74. The van der Waals surface area contributed by atoms with Crippen LogP contribution in [0, 0.1) is 6.92 Å². The zero-order valence-corrected chi connectivity index (χ0v) is 17.8. The Bertz CT molecular complexity index is 501. The van der Waals surface area contributed by atoms with E-state index < -0.39 is 58.0 Å². The second kappa shape index (κ2) is 11.8. The van der Waals surface area contributed by atoms with E-state index in [2.05, 4.69) is 0 Å². The number of aliphatic carboxylic acids is 1. The van der Waals surface area contributed by atoms with Crippen LogP contribution in [0.25, 0.3) is 0 Å². The number of hydrogen-bond acceptors (Lipinski definition) is 7. The van der Waals surface area contributed by atoms with Gasteiger partial charge in [0, 0.05) is 0 Å². The summed E-state index contributed by atoms with van der Waals surface area (Å²) >= 11 is -2.85. The molecule has 132 valence electrons. The molecule has 4 atom stereocenters. The average Bonchev–Trinajstić information content (AvgIpc) is 2.90. The van der Waals surface area contributed by atoms with E-state index >= 15 is 0 Å². The number of aliphatic hydroxyl groups is 3. The number of rotatable bonds is 5. The molecule has 4 unspecified atom stereocenters. The summed E-state index contributed by atoms with van der Waals surface area (Å²) in [4.78, 5) is 10.6. The van der Waals surface area contributed by atoms with Gasteiger partial charge < -0.3 is 11.0 Å². The predicted molar refractivity (Wildman–Crippen MR) is 77.6 cm³/mol. The Morgan fingerprint density at radius 2 is 1.79 bits per heavy atom. The largest absolute Gasteiger partial charge is 1.00 e. The van der Waals surface area contributed by atoms with Gasteiger partial charge in [-0.05, 0) is 0 Å². The standard InChI is InChI=1S/C7H7.C6H10O7.Na.2H2O.Sb/c1-7-5-3-2-4-6-7;7-1-2(8)3(9)4(10)5(11)6(12)13;;;;/h3-6H,1H3;2-5,7,10-11H,1H2,(H,12,13);;2*1H2;/q;-2;+1;;;+2/p-1. The predicted octanol–water partition coefficient (Wildman–Crippen LogP) is -7.71. The third-order valence-electron chi connectivity index (χ3n) is 3.14. The van der Waals surface area contributed by atoms with Gasteiger partial charge in [0.2, 0.25) is 0 Å². The molecule has 0 spiro atoms. The van der Waals surface area contributed by atoms with E-state index in [0.29, 0.717) is 0 Å². The van der Waals surface area contributed by atoms with Gasteiger partial charge in [-0.25, -0.2) is 0 Å². The van der Waals surface area contributed by atoms with Crippen LogP contribution < -0.4 is 38.2 Å². The van der Waals surface area contributed by atoms with Crippen molar-refractivity contribution in [2.75, 3.05) is 6.61 Å². The number of aryl methyl sites for hydroxylation is 1. The SMILES string of the molecule is Cc1cc[c]([Sb]2[O]C(CO)C(C(O)C(O)C(=O)[O-])[O]2)cc1.O.O.[Na+]. The first-order valence-electron chi connectivity index (χ1n) is 6.32. The number of carbonyl (C=O) groups excluding carboxylic acids is 1. The Morgan fingerprint density at radius 1 is 1.25 bits per heavy atom. The number of benzene rings is 1. The van der Waals surface area contributed by atoms with E-state index in [0.717, 1.165) is 9.07 Å². The molecule has 11 heteroatoms. The summed E-state index contributed by atoms with van der Waals surface area (Å²) in [5.41, 5.74) is 1.07. The van der Waals surface area contributed by atoms with Crippen LogP contribution in [0.5, 0.6) is 0 Å². The monoisotopic (exact) mass is 464 g/mol. The van der Waals surface area contributed by atoms with Crippen LogP contribution in [0.1, 0.15) is 5.56 Å². The molecule has 1 aliphatic rings. The van der Waals surface area contributed by atoms with Gasteiger partial charge in [0.1, 0.15) is 0 Å². The average molecular weight is 465 g/mol. The van der Waals surface area contributed by atoms with Gasteiger partial charge in [-0.15, -0.1) is 0 Å². The molecule has 1 heterocycles. The maximum Gasteiger partial charge on any atom is 1.00 e. The molecule has 1 aromatic rings. The van der Waals surface area contributed by atoms with Gasteiger partial charge in [0.05, 0.1) is 0 Å². The first-order valence-corrected chi connectivity index (χ1v) is 9.68. The minimum absolute atomic E-state index is 0. The van der Waals surface area contributed by atoms with Crippen molar-refractivity contribution in [3.05, 3.63) is 29.8 Å². The van der Waals surface area contributed by atoms with Crippen molar-refractivity contribution in [2.24, 2.45) is 0 Å². The molecule has 1 fully saturated rings. The molecule has 0 radical (unpaired) electrons. The summed E-state index contributed by atoms with van der Waals surface area (Å²) in [6.07, 6.45) is -5.76. The molecule has 0 aliphatic carbocycles. The van der Waals surface area contributed by atoms with Gasteiger partial charge in [0.15, 0.2) is 0 Å².